The number of aliphatic hydroxyl groups is 1. The first kappa shape index (κ1) is 50.4. The molecule has 11 rings (SSSR count). The number of carbonyl (C=O) groups excluding carboxylic acids is 6. The van der Waals surface area contributed by atoms with Crippen molar-refractivity contribution >= 4 is 58.7 Å². The highest BCUT2D eigenvalue weighted by Crippen LogP contribution is 2.47. The third-order valence-corrected chi connectivity index (χ3v) is 13.2. The van der Waals surface area contributed by atoms with Crippen molar-refractivity contribution in [1.82, 2.24) is 26.6 Å². The first-order chi connectivity index (χ1) is 35.4. The van der Waals surface area contributed by atoms with E-state index in [0.717, 1.165) is 25.3 Å². The molecular formula is C52H44Cl2N6O14. The Hall–Kier alpha value is -8.56. The number of hydrogen-bond donors (Lipinski definition) is 11. The molecule has 12 N–H and O–H groups in total. The number of amides is 5. The number of nitrogens with one attached hydrogen (secondary N) is 5. The molecule has 7 atom stereocenters. The van der Waals surface area contributed by atoms with Gasteiger partial charge in [-0.2, -0.15) is 0 Å². The van der Waals surface area contributed by atoms with Crippen molar-refractivity contribution in [2.45, 2.75) is 55.2 Å². The number of fused-ring (bicyclic) bond motifs is 15. The zero-order valence-electron chi connectivity index (χ0n) is 38.6. The third kappa shape index (κ3) is 10.1. The Bertz CT molecular complexity index is 3290. The molecule has 0 unspecified atom stereocenters. The summed E-state index contributed by atoms with van der Waals surface area (Å²) < 4.78 is 17.4. The van der Waals surface area contributed by atoms with Gasteiger partial charge in [0.2, 0.25) is 35.3 Å². The van der Waals surface area contributed by atoms with Gasteiger partial charge in [-0.1, -0.05) is 71.7 Å². The molecule has 5 aliphatic rings. The summed E-state index contributed by atoms with van der Waals surface area (Å²) in [4.78, 5) is 87.2. The van der Waals surface area contributed by atoms with Gasteiger partial charge in [-0.05, 0) is 88.8 Å². The molecule has 380 valence electrons. The molecule has 6 aromatic rings. The Kier molecular flexibility index (Phi) is 14.0. The number of halogens is 2. The minimum atomic E-state index is -2.05. The van der Waals surface area contributed by atoms with Crippen LogP contribution in [0, 0.1) is 0 Å². The first-order valence-electron chi connectivity index (χ1n) is 22.6. The van der Waals surface area contributed by atoms with Crippen molar-refractivity contribution in [2.24, 2.45) is 5.73 Å². The van der Waals surface area contributed by atoms with Gasteiger partial charge in [-0.25, -0.2) is 4.79 Å². The molecule has 11 bridgehead atoms. The molecule has 5 heterocycles. The number of aromatic hydroxyl groups is 4. The maximum Gasteiger partial charge on any atom is 0.333 e. The first-order valence-corrected chi connectivity index (χ1v) is 23.4. The number of rotatable bonds is 3. The van der Waals surface area contributed by atoms with Crippen LogP contribution in [0.25, 0.3) is 11.1 Å². The number of ether oxygens (including phenoxy) is 3. The lowest BCUT2D eigenvalue weighted by Crippen LogP contribution is -2.56. The summed E-state index contributed by atoms with van der Waals surface area (Å²) >= 11 is 13.5. The number of benzene rings is 6. The molecule has 74 heavy (non-hydrogen) atoms. The van der Waals surface area contributed by atoms with Gasteiger partial charge in [-0.15, -0.1) is 0 Å². The zero-order valence-corrected chi connectivity index (χ0v) is 40.1. The maximum absolute atomic E-state index is 15.4. The molecule has 5 amide bonds. The molecule has 0 fully saturated rings. The van der Waals surface area contributed by atoms with Gasteiger partial charge in [0.05, 0.1) is 23.2 Å². The fourth-order valence-corrected chi connectivity index (χ4v) is 9.34. The monoisotopic (exact) mass is 1050 g/mol. The van der Waals surface area contributed by atoms with Crippen molar-refractivity contribution in [3.8, 4) is 57.1 Å². The van der Waals surface area contributed by atoms with E-state index in [1.165, 1.54) is 54.6 Å². The van der Waals surface area contributed by atoms with Crippen molar-refractivity contribution < 1.29 is 68.5 Å². The van der Waals surface area contributed by atoms with E-state index in [1.807, 2.05) is 0 Å². The number of aliphatic hydroxyl groups excluding tert-OH is 1. The largest absolute Gasteiger partial charge is 0.508 e. The molecule has 0 aromatic heterocycles. The van der Waals surface area contributed by atoms with E-state index < -0.39 is 107 Å². The number of esters is 1. The summed E-state index contributed by atoms with van der Waals surface area (Å²) in [6, 6.07) is 14.2. The lowest BCUT2D eigenvalue weighted by Gasteiger charge is -2.31. The van der Waals surface area contributed by atoms with Crippen LogP contribution >= 0.6 is 23.2 Å². The minimum Gasteiger partial charge on any atom is -0.508 e. The van der Waals surface area contributed by atoms with E-state index in [1.54, 1.807) is 36.4 Å². The van der Waals surface area contributed by atoms with Crippen LogP contribution in [0.3, 0.4) is 0 Å². The van der Waals surface area contributed by atoms with E-state index in [-0.39, 0.29) is 73.5 Å². The van der Waals surface area contributed by atoms with Crippen molar-refractivity contribution in [3.63, 3.8) is 0 Å². The summed E-state index contributed by atoms with van der Waals surface area (Å²) in [6.07, 6.45) is -2.18. The van der Waals surface area contributed by atoms with Crippen LogP contribution in [0.15, 0.2) is 109 Å². The topological polar surface area (TPSA) is 317 Å². The fraction of sp³-hybridized carbons (Fsp3) is 0.192. The smallest absolute Gasteiger partial charge is 0.333 e. The Morgan fingerprint density at radius 2 is 1.28 bits per heavy atom. The Morgan fingerprint density at radius 3 is 1.96 bits per heavy atom. The lowest BCUT2D eigenvalue weighted by molar-refractivity contribution is -0.146. The molecule has 5 aliphatic heterocycles. The maximum atomic E-state index is 15.4. The number of phenolic OH excluding ortho intramolecular Hbond substituents is 4. The molecule has 0 spiro atoms. The van der Waals surface area contributed by atoms with Gasteiger partial charge in [0.25, 0.3) is 0 Å². The van der Waals surface area contributed by atoms with E-state index in [9.17, 15) is 44.7 Å². The zero-order chi connectivity index (χ0) is 52.7. The summed E-state index contributed by atoms with van der Waals surface area (Å²) in [5.41, 5.74) is 6.16. The quantitative estimate of drug-likeness (QED) is 0.108. The Labute approximate surface area is 430 Å². The Balaban J connectivity index is 1.29. The van der Waals surface area contributed by atoms with E-state index in [0.29, 0.717) is 11.1 Å². The van der Waals surface area contributed by atoms with E-state index >= 15 is 9.59 Å². The molecule has 20 nitrogen and oxygen atoms in total. The summed E-state index contributed by atoms with van der Waals surface area (Å²) in [5.74, 6) is -9.89. The second-order valence-electron chi connectivity index (χ2n) is 17.6. The standard InChI is InChI=1S/C52H44Cl2N6O14/c1-72-52(71)43-29-20-27(61)21-35(63)40(29)28-16-24(8-10-34(28)62)41-49(68)60-44(51(70)59-43)45(64)25-9-12-37(31(54)17-25)74-39-19-26-18-38(46(39)65)73-36-11-7-23(13-30(36)53)14-32(55)47(66)56-33(15-22-5-3-2-4-6-22)48(67)57-42(26)50(69)58-41/h2-13,16-21,32-33,41-45,61-65H,14-15,55H2,1H3,(H,56,66)(H,57,67)(H,58,69)(H,59,70)(H,60,68)/t32-,33+,41-,42-,43-,44+,45-/m1/s1. The number of carbonyl (C=O) groups is 6. The average Bonchev–Trinajstić information content (AvgIpc) is 3.36. The van der Waals surface area contributed by atoms with Gasteiger partial charge in [0.15, 0.2) is 17.5 Å². The fourth-order valence-electron chi connectivity index (χ4n) is 8.87. The highest BCUT2D eigenvalue weighted by molar-refractivity contribution is 6.32. The highest BCUT2D eigenvalue weighted by Gasteiger charge is 2.40. The molecule has 22 heteroatoms. The van der Waals surface area contributed by atoms with Gasteiger partial charge in [0, 0.05) is 29.2 Å². The van der Waals surface area contributed by atoms with Crippen LogP contribution in [-0.4, -0.2) is 86.3 Å². The van der Waals surface area contributed by atoms with Gasteiger partial charge < -0.3 is 72.1 Å². The summed E-state index contributed by atoms with van der Waals surface area (Å²) in [5, 5.41) is 70.2. The molecule has 0 aliphatic carbocycles. The molecule has 0 radical (unpaired) electrons. The normalized spacial score (nSPS) is 21.8. The van der Waals surface area contributed by atoms with Crippen LogP contribution in [0.4, 0.5) is 0 Å². The average molecular weight is 1050 g/mol. The van der Waals surface area contributed by atoms with Crippen molar-refractivity contribution in [1.29, 1.82) is 0 Å². The SMILES string of the molecule is COC(=O)[C@@H]1NC(=O)[C@H]2NC(=O)[C@H](NC(=O)[C@@H]3NC(=O)[C@H](Cc4ccccc4)NC(=O)[C@H](N)Cc4ccc(c(Cl)c4)Oc4cc3cc(c4O)Oc3ccc(cc3Cl)[C@H]2O)c2ccc(O)c(c2)-c2c(O)cc(O)cc21. The highest BCUT2D eigenvalue weighted by atomic mass is 35.5. The summed E-state index contributed by atoms with van der Waals surface area (Å²) in [6.45, 7) is 0. The number of phenols is 4. The number of hydrogen-bond acceptors (Lipinski definition) is 15. The summed E-state index contributed by atoms with van der Waals surface area (Å²) in [7, 11) is 0.993. The van der Waals surface area contributed by atoms with E-state index in [4.69, 9.17) is 43.1 Å². The molecular weight excluding hydrogens is 1000 g/mol. The van der Waals surface area contributed by atoms with Crippen molar-refractivity contribution in [2.75, 3.05) is 7.11 Å². The van der Waals surface area contributed by atoms with Gasteiger partial charge in [0.1, 0.15) is 59.0 Å². The molecule has 0 saturated heterocycles. The van der Waals surface area contributed by atoms with Crippen LogP contribution in [0.5, 0.6) is 46.0 Å². The predicted molar refractivity (Wildman–Crippen MR) is 263 cm³/mol. The molecule has 6 aromatic carbocycles. The van der Waals surface area contributed by atoms with E-state index in [2.05, 4.69) is 26.6 Å². The predicted octanol–water partition coefficient (Wildman–Crippen LogP) is 4.57. The second kappa shape index (κ2) is 20.5. The lowest BCUT2D eigenvalue weighted by atomic mass is 9.89. The van der Waals surface area contributed by atoms with Crippen molar-refractivity contribution in [3.05, 3.63) is 153 Å². The molecule has 0 saturated carbocycles. The third-order valence-electron chi connectivity index (χ3n) is 12.6. The van der Waals surface area contributed by atoms with Crippen LogP contribution in [0.1, 0.15) is 57.6 Å². The number of methoxy groups -OCH3 is 1. The van der Waals surface area contributed by atoms with Crippen LogP contribution < -0.4 is 41.8 Å². The Morgan fingerprint density at radius 1 is 0.649 bits per heavy atom. The number of nitrogens with two attached hydrogens (primary N) is 1. The van der Waals surface area contributed by atoms with Gasteiger partial charge >= 0.3 is 5.97 Å². The van der Waals surface area contributed by atoms with Crippen LogP contribution in [0.2, 0.25) is 10.0 Å². The minimum absolute atomic E-state index is 0.0160. The second-order valence-corrected chi connectivity index (χ2v) is 18.4. The van der Waals surface area contributed by atoms with Crippen LogP contribution in [-0.2, 0) is 46.3 Å². The van der Waals surface area contributed by atoms with Gasteiger partial charge in [-0.3, -0.25) is 24.0 Å².